The zero-order chi connectivity index (χ0) is 20.9. The second kappa shape index (κ2) is 8.89. The molecule has 3 aromatic carbocycles. The molecule has 0 bridgehead atoms. The molecule has 0 aliphatic carbocycles. The van der Waals surface area contributed by atoms with E-state index in [4.69, 9.17) is 4.42 Å². The topological polar surface area (TPSA) is 13.1 Å². The SMILES string of the molecule is Cc1cccc(C(C#Cc2ccccc2-c2ccco2)Cc2ccc(C)c(C)c2)c1. The second-order valence-electron chi connectivity index (χ2n) is 7.88. The van der Waals surface area contributed by atoms with E-state index in [1.54, 1.807) is 6.26 Å². The summed E-state index contributed by atoms with van der Waals surface area (Å²) in [5, 5.41) is 0. The summed E-state index contributed by atoms with van der Waals surface area (Å²) in [7, 11) is 0. The van der Waals surface area contributed by atoms with E-state index in [0.717, 1.165) is 23.3 Å². The van der Waals surface area contributed by atoms with Gasteiger partial charge in [0.2, 0.25) is 0 Å². The van der Waals surface area contributed by atoms with Crippen molar-refractivity contribution >= 4 is 0 Å². The maximum atomic E-state index is 5.62. The van der Waals surface area contributed by atoms with E-state index >= 15 is 0 Å². The molecule has 1 unspecified atom stereocenters. The van der Waals surface area contributed by atoms with Crippen LogP contribution < -0.4 is 0 Å². The molecule has 0 N–H and O–H groups in total. The molecule has 0 saturated carbocycles. The second-order valence-corrected chi connectivity index (χ2v) is 7.88. The fourth-order valence-electron chi connectivity index (χ4n) is 3.71. The van der Waals surface area contributed by atoms with Gasteiger partial charge in [0, 0.05) is 17.0 Å². The molecule has 1 heterocycles. The third-order valence-electron chi connectivity index (χ3n) is 5.55. The molecule has 30 heavy (non-hydrogen) atoms. The Morgan fingerprint density at radius 1 is 0.800 bits per heavy atom. The monoisotopic (exact) mass is 390 g/mol. The predicted molar refractivity (Wildman–Crippen MR) is 125 cm³/mol. The van der Waals surface area contributed by atoms with Crippen LogP contribution in [0.25, 0.3) is 11.3 Å². The predicted octanol–water partition coefficient (Wildman–Crippen LogP) is 7.25. The summed E-state index contributed by atoms with van der Waals surface area (Å²) in [5.41, 5.74) is 8.51. The Hall–Kier alpha value is -3.50. The lowest BCUT2D eigenvalue weighted by Gasteiger charge is -2.14. The van der Waals surface area contributed by atoms with Crippen LogP contribution in [0.1, 0.15) is 39.3 Å². The molecule has 0 aliphatic heterocycles. The Bertz CT molecular complexity index is 1200. The molecule has 1 heteroatoms. The van der Waals surface area contributed by atoms with Crippen LogP contribution in [0, 0.1) is 32.6 Å². The lowest BCUT2D eigenvalue weighted by atomic mass is 9.90. The van der Waals surface area contributed by atoms with Gasteiger partial charge in [-0.15, -0.1) is 0 Å². The van der Waals surface area contributed by atoms with Crippen molar-refractivity contribution in [3.63, 3.8) is 0 Å². The van der Waals surface area contributed by atoms with Crippen LogP contribution in [0.2, 0.25) is 0 Å². The minimum absolute atomic E-state index is 0.122. The number of hydrogen-bond donors (Lipinski definition) is 0. The molecule has 0 spiro atoms. The summed E-state index contributed by atoms with van der Waals surface area (Å²) >= 11 is 0. The summed E-state index contributed by atoms with van der Waals surface area (Å²) in [6.07, 6.45) is 2.59. The Labute approximate surface area is 179 Å². The number of aryl methyl sites for hydroxylation is 3. The fourth-order valence-corrected chi connectivity index (χ4v) is 3.71. The van der Waals surface area contributed by atoms with Crippen LogP contribution in [0.3, 0.4) is 0 Å². The lowest BCUT2D eigenvalue weighted by Crippen LogP contribution is -2.02. The van der Waals surface area contributed by atoms with E-state index in [-0.39, 0.29) is 5.92 Å². The van der Waals surface area contributed by atoms with Gasteiger partial charge in [-0.25, -0.2) is 0 Å². The van der Waals surface area contributed by atoms with Gasteiger partial charge in [-0.2, -0.15) is 0 Å². The van der Waals surface area contributed by atoms with Gasteiger partial charge in [-0.3, -0.25) is 0 Å². The lowest BCUT2D eigenvalue weighted by molar-refractivity contribution is 0.582. The van der Waals surface area contributed by atoms with E-state index in [2.05, 4.69) is 87.2 Å². The molecule has 1 aromatic heterocycles. The average Bonchev–Trinajstić information content (AvgIpc) is 3.28. The molecule has 0 radical (unpaired) electrons. The van der Waals surface area contributed by atoms with Crippen molar-refractivity contribution in [1.82, 2.24) is 0 Å². The zero-order valence-electron chi connectivity index (χ0n) is 17.8. The van der Waals surface area contributed by atoms with Crippen LogP contribution in [0.15, 0.2) is 89.5 Å². The first-order valence-corrected chi connectivity index (χ1v) is 10.4. The molecule has 1 atom stereocenters. The van der Waals surface area contributed by atoms with Crippen LogP contribution in [-0.2, 0) is 6.42 Å². The van der Waals surface area contributed by atoms with Crippen molar-refractivity contribution in [2.75, 3.05) is 0 Å². The Balaban J connectivity index is 1.72. The maximum absolute atomic E-state index is 5.62. The quantitative estimate of drug-likeness (QED) is 0.334. The number of furan rings is 1. The minimum Gasteiger partial charge on any atom is -0.464 e. The molecule has 1 nitrogen and oxygen atoms in total. The number of hydrogen-bond acceptors (Lipinski definition) is 1. The molecule has 4 rings (SSSR count). The highest BCUT2D eigenvalue weighted by Crippen LogP contribution is 2.26. The summed E-state index contributed by atoms with van der Waals surface area (Å²) in [5.74, 6) is 8.00. The number of benzene rings is 3. The van der Waals surface area contributed by atoms with Crippen molar-refractivity contribution in [2.24, 2.45) is 0 Å². The fraction of sp³-hybridized carbons (Fsp3) is 0.172. The largest absolute Gasteiger partial charge is 0.464 e. The van der Waals surface area contributed by atoms with Gasteiger partial charge in [0.1, 0.15) is 5.76 Å². The summed E-state index contributed by atoms with van der Waals surface area (Å²) in [6.45, 7) is 6.46. The first-order chi connectivity index (χ1) is 14.6. The highest BCUT2D eigenvalue weighted by atomic mass is 16.3. The van der Waals surface area contributed by atoms with Gasteiger partial charge < -0.3 is 4.42 Å². The number of rotatable bonds is 4. The molecule has 148 valence electrons. The third kappa shape index (κ3) is 4.56. The van der Waals surface area contributed by atoms with Gasteiger partial charge in [-0.05, 0) is 73.7 Å². The first-order valence-electron chi connectivity index (χ1n) is 10.4. The summed E-state index contributed by atoms with van der Waals surface area (Å²) in [4.78, 5) is 0. The Morgan fingerprint density at radius 2 is 1.67 bits per heavy atom. The van der Waals surface area contributed by atoms with Crippen LogP contribution in [0.5, 0.6) is 0 Å². The molecular weight excluding hydrogens is 364 g/mol. The average molecular weight is 391 g/mol. The van der Waals surface area contributed by atoms with Gasteiger partial charge in [0.15, 0.2) is 0 Å². The first kappa shape index (κ1) is 19.8. The zero-order valence-corrected chi connectivity index (χ0v) is 17.8. The maximum Gasteiger partial charge on any atom is 0.135 e. The summed E-state index contributed by atoms with van der Waals surface area (Å²) in [6, 6.07) is 27.5. The van der Waals surface area contributed by atoms with E-state index in [9.17, 15) is 0 Å². The van der Waals surface area contributed by atoms with Crippen LogP contribution in [-0.4, -0.2) is 0 Å². The molecule has 0 fully saturated rings. The molecule has 0 saturated heterocycles. The molecule has 4 aromatic rings. The van der Waals surface area contributed by atoms with Crippen LogP contribution in [0.4, 0.5) is 0 Å². The van der Waals surface area contributed by atoms with Gasteiger partial charge in [0.05, 0.1) is 6.26 Å². The van der Waals surface area contributed by atoms with Crippen molar-refractivity contribution in [3.05, 3.63) is 119 Å². The Kier molecular flexibility index (Phi) is 5.87. The van der Waals surface area contributed by atoms with Crippen molar-refractivity contribution in [1.29, 1.82) is 0 Å². The normalized spacial score (nSPS) is 11.6. The smallest absolute Gasteiger partial charge is 0.135 e. The third-order valence-corrected chi connectivity index (χ3v) is 5.55. The van der Waals surface area contributed by atoms with Gasteiger partial charge in [-0.1, -0.05) is 72.0 Å². The van der Waals surface area contributed by atoms with Gasteiger partial charge >= 0.3 is 0 Å². The van der Waals surface area contributed by atoms with E-state index in [1.807, 2.05) is 24.3 Å². The summed E-state index contributed by atoms with van der Waals surface area (Å²) < 4.78 is 5.62. The van der Waals surface area contributed by atoms with E-state index < -0.39 is 0 Å². The van der Waals surface area contributed by atoms with E-state index in [0.29, 0.717) is 0 Å². The van der Waals surface area contributed by atoms with Crippen molar-refractivity contribution in [3.8, 4) is 23.2 Å². The minimum atomic E-state index is 0.122. The van der Waals surface area contributed by atoms with Gasteiger partial charge in [0.25, 0.3) is 0 Å². The van der Waals surface area contributed by atoms with E-state index in [1.165, 1.54) is 27.8 Å². The highest BCUT2D eigenvalue weighted by molar-refractivity contribution is 5.67. The molecule has 0 amide bonds. The Morgan fingerprint density at radius 3 is 2.43 bits per heavy atom. The van der Waals surface area contributed by atoms with Crippen molar-refractivity contribution in [2.45, 2.75) is 33.1 Å². The highest BCUT2D eigenvalue weighted by Gasteiger charge is 2.12. The van der Waals surface area contributed by atoms with Crippen LogP contribution >= 0.6 is 0 Å². The standard InChI is InChI=1S/C29H26O/c1-21-8-6-10-26(18-21)27(20-24-14-13-22(2)23(3)19-24)16-15-25-9-4-5-11-28(25)29-12-7-17-30-29/h4-14,17-19,27H,20H2,1-3H3. The van der Waals surface area contributed by atoms with Crippen molar-refractivity contribution < 1.29 is 4.42 Å². The molecular formula is C29H26O. The molecule has 0 aliphatic rings.